The largest absolute Gasteiger partial charge is 0.416 e. The summed E-state index contributed by atoms with van der Waals surface area (Å²) in [6, 6.07) is 1.00. The molecule has 2 nitrogen and oxygen atoms in total. The molecular formula is C13H19F3N2. The Morgan fingerprint density at radius 1 is 1.33 bits per heavy atom. The van der Waals surface area contributed by atoms with Crippen molar-refractivity contribution in [2.75, 3.05) is 5.73 Å². The fraction of sp³-hybridized carbons (Fsp3) is 0.615. The van der Waals surface area contributed by atoms with Gasteiger partial charge in [0.1, 0.15) is 5.82 Å². The van der Waals surface area contributed by atoms with Gasteiger partial charge in [0.25, 0.3) is 0 Å². The van der Waals surface area contributed by atoms with E-state index in [1.54, 1.807) is 6.92 Å². The zero-order valence-electron chi connectivity index (χ0n) is 10.7. The molecule has 0 aliphatic rings. The number of nitrogen functional groups attached to an aromatic ring is 1. The van der Waals surface area contributed by atoms with Crippen molar-refractivity contribution in [2.45, 2.75) is 51.6 Å². The molecule has 0 spiro atoms. The maximum atomic E-state index is 12.9. The van der Waals surface area contributed by atoms with Crippen LogP contribution in [-0.2, 0) is 6.18 Å². The second kappa shape index (κ2) is 6.07. The number of halogens is 3. The van der Waals surface area contributed by atoms with E-state index in [9.17, 15) is 13.2 Å². The Morgan fingerprint density at radius 2 is 2.00 bits per heavy atom. The third-order valence-electron chi connectivity index (χ3n) is 3.06. The summed E-state index contributed by atoms with van der Waals surface area (Å²) in [5, 5.41) is 0. The number of hydrogen-bond donors (Lipinski definition) is 1. The standard InChI is InChI=1S/C13H19F3N2/c1-3-4-5-6-9(2)11-10(13(14,15)16)7-8-18-12(11)17/h7-9H,3-6H2,1-2H3,(H2,17,18). The van der Waals surface area contributed by atoms with E-state index in [1.165, 1.54) is 0 Å². The molecule has 2 N–H and O–H groups in total. The van der Waals surface area contributed by atoms with Crippen molar-refractivity contribution in [3.8, 4) is 0 Å². The molecule has 1 heterocycles. The fourth-order valence-corrected chi connectivity index (χ4v) is 2.10. The first kappa shape index (κ1) is 14.8. The second-order valence-corrected chi connectivity index (χ2v) is 4.55. The lowest BCUT2D eigenvalue weighted by Crippen LogP contribution is -2.14. The molecule has 0 aromatic carbocycles. The van der Waals surface area contributed by atoms with E-state index in [0.717, 1.165) is 31.5 Å². The number of pyridine rings is 1. The number of anilines is 1. The second-order valence-electron chi connectivity index (χ2n) is 4.55. The molecule has 0 radical (unpaired) electrons. The summed E-state index contributed by atoms with van der Waals surface area (Å²) in [4.78, 5) is 3.78. The highest BCUT2D eigenvalue weighted by molar-refractivity contribution is 5.47. The van der Waals surface area contributed by atoms with Crippen molar-refractivity contribution in [1.29, 1.82) is 0 Å². The molecule has 0 aliphatic carbocycles. The molecule has 0 saturated heterocycles. The number of nitrogens with two attached hydrogens (primary N) is 1. The molecule has 0 fully saturated rings. The van der Waals surface area contributed by atoms with Crippen LogP contribution < -0.4 is 5.73 Å². The van der Waals surface area contributed by atoms with Crippen LogP contribution in [-0.4, -0.2) is 4.98 Å². The molecule has 0 aliphatic heterocycles. The lowest BCUT2D eigenvalue weighted by molar-refractivity contribution is -0.138. The summed E-state index contributed by atoms with van der Waals surface area (Å²) in [7, 11) is 0. The van der Waals surface area contributed by atoms with Crippen LogP contribution in [0.25, 0.3) is 0 Å². The summed E-state index contributed by atoms with van der Waals surface area (Å²) < 4.78 is 38.7. The molecule has 1 atom stereocenters. The minimum atomic E-state index is -4.37. The van der Waals surface area contributed by atoms with Crippen molar-refractivity contribution < 1.29 is 13.2 Å². The van der Waals surface area contributed by atoms with Gasteiger partial charge in [-0.1, -0.05) is 33.1 Å². The Hall–Kier alpha value is -1.26. The molecule has 102 valence electrons. The summed E-state index contributed by atoms with van der Waals surface area (Å²) in [6.45, 7) is 3.84. The molecule has 1 aromatic heterocycles. The van der Waals surface area contributed by atoms with Gasteiger partial charge < -0.3 is 5.73 Å². The number of rotatable bonds is 5. The number of alkyl halides is 3. The van der Waals surface area contributed by atoms with Gasteiger partial charge in [0, 0.05) is 11.8 Å². The summed E-state index contributed by atoms with van der Waals surface area (Å²) in [5.41, 5.74) is 5.10. The molecule has 0 saturated carbocycles. The van der Waals surface area contributed by atoms with Gasteiger partial charge in [-0.05, 0) is 18.4 Å². The van der Waals surface area contributed by atoms with E-state index in [0.29, 0.717) is 6.42 Å². The van der Waals surface area contributed by atoms with Crippen LogP contribution in [0.15, 0.2) is 12.3 Å². The number of unbranched alkanes of at least 4 members (excludes halogenated alkanes) is 2. The quantitative estimate of drug-likeness (QED) is 0.798. The van der Waals surface area contributed by atoms with Gasteiger partial charge in [0.15, 0.2) is 0 Å². The third kappa shape index (κ3) is 3.62. The number of aromatic nitrogens is 1. The molecule has 1 unspecified atom stereocenters. The zero-order valence-corrected chi connectivity index (χ0v) is 10.7. The van der Waals surface area contributed by atoms with E-state index in [1.807, 2.05) is 0 Å². The smallest absolute Gasteiger partial charge is 0.383 e. The summed E-state index contributed by atoms with van der Waals surface area (Å²) in [5.74, 6) is -0.226. The summed E-state index contributed by atoms with van der Waals surface area (Å²) >= 11 is 0. The predicted octanol–water partition coefficient (Wildman–Crippen LogP) is 4.37. The van der Waals surface area contributed by atoms with Gasteiger partial charge in [0.05, 0.1) is 5.56 Å². The molecule has 1 aromatic rings. The van der Waals surface area contributed by atoms with Crippen molar-refractivity contribution in [2.24, 2.45) is 0 Å². The lowest BCUT2D eigenvalue weighted by Gasteiger charge is -2.19. The number of hydrogen-bond acceptors (Lipinski definition) is 2. The van der Waals surface area contributed by atoms with E-state index in [-0.39, 0.29) is 17.3 Å². The van der Waals surface area contributed by atoms with E-state index in [2.05, 4.69) is 11.9 Å². The van der Waals surface area contributed by atoms with Crippen LogP contribution >= 0.6 is 0 Å². The van der Waals surface area contributed by atoms with Crippen LogP contribution in [0.1, 0.15) is 56.6 Å². The lowest BCUT2D eigenvalue weighted by atomic mass is 9.91. The SMILES string of the molecule is CCCCCC(C)c1c(C(F)(F)F)ccnc1N. The van der Waals surface area contributed by atoms with Gasteiger partial charge in [-0.15, -0.1) is 0 Å². The zero-order chi connectivity index (χ0) is 13.8. The summed E-state index contributed by atoms with van der Waals surface area (Å²) in [6.07, 6.45) is 0.412. The molecule has 5 heteroatoms. The van der Waals surface area contributed by atoms with Gasteiger partial charge >= 0.3 is 6.18 Å². The van der Waals surface area contributed by atoms with E-state index in [4.69, 9.17) is 5.73 Å². The fourth-order valence-electron chi connectivity index (χ4n) is 2.10. The van der Waals surface area contributed by atoms with Crippen LogP contribution in [0.4, 0.5) is 19.0 Å². The molecular weight excluding hydrogens is 241 g/mol. The maximum Gasteiger partial charge on any atom is 0.416 e. The monoisotopic (exact) mass is 260 g/mol. The van der Waals surface area contributed by atoms with Crippen LogP contribution in [0.5, 0.6) is 0 Å². The average molecular weight is 260 g/mol. The first-order chi connectivity index (χ1) is 8.38. The van der Waals surface area contributed by atoms with E-state index >= 15 is 0 Å². The predicted molar refractivity (Wildman–Crippen MR) is 66.2 cm³/mol. The molecule has 0 bridgehead atoms. The van der Waals surface area contributed by atoms with Gasteiger partial charge in [-0.2, -0.15) is 13.2 Å². The minimum Gasteiger partial charge on any atom is -0.383 e. The molecule has 1 rings (SSSR count). The van der Waals surface area contributed by atoms with Crippen molar-refractivity contribution in [3.63, 3.8) is 0 Å². The Balaban J connectivity index is 2.99. The van der Waals surface area contributed by atoms with Crippen LogP contribution in [0, 0.1) is 0 Å². The average Bonchev–Trinajstić information content (AvgIpc) is 2.27. The first-order valence-corrected chi connectivity index (χ1v) is 6.19. The Kier molecular flexibility index (Phi) is 4.99. The Bertz CT molecular complexity index is 388. The minimum absolute atomic E-state index is 0.00572. The van der Waals surface area contributed by atoms with Crippen molar-refractivity contribution in [3.05, 3.63) is 23.4 Å². The van der Waals surface area contributed by atoms with Gasteiger partial charge in [-0.3, -0.25) is 0 Å². The Morgan fingerprint density at radius 3 is 2.56 bits per heavy atom. The third-order valence-corrected chi connectivity index (χ3v) is 3.06. The van der Waals surface area contributed by atoms with Gasteiger partial charge in [-0.25, -0.2) is 4.98 Å². The molecule has 18 heavy (non-hydrogen) atoms. The van der Waals surface area contributed by atoms with Crippen LogP contribution in [0.2, 0.25) is 0 Å². The van der Waals surface area contributed by atoms with Gasteiger partial charge in [0.2, 0.25) is 0 Å². The Labute approximate surface area is 105 Å². The van der Waals surface area contributed by atoms with Crippen molar-refractivity contribution in [1.82, 2.24) is 4.98 Å². The number of nitrogens with zero attached hydrogens (tertiary/aromatic N) is 1. The first-order valence-electron chi connectivity index (χ1n) is 6.19. The highest BCUT2D eigenvalue weighted by Crippen LogP contribution is 2.38. The highest BCUT2D eigenvalue weighted by Gasteiger charge is 2.35. The van der Waals surface area contributed by atoms with Crippen LogP contribution in [0.3, 0.4) is 0 Å². The maximum absolute atomic E-state index is 12.9. The molecule has 0 amide bonds. The topological polar surface area (TPSA) is 38.9 Å². The van der Waals surface area contributed by atoms with Crippen molar-refractivity contribution >= 4 is 5.82 Å². The van der Waals surface area contributed by atoms with E-state index < -0.39 is 11.7 Å². The highest BCUT2D eigenvalue weighted by atomic mass is 19.4. The normalized spacial score (nSPS) is 13.6.